The molecule has 0 aromatic heterocycles. The second-order valence-corrected chi connectivity index (χ2v) is 8.97. The molecule has 166 valence electrons. The fourth-order valence-corrected chi connectivity index (χ4v) is 5.32. The number of amides is 1. The molecule has 3 rings (SSSR count). The lowest BCUT2D eigenvalue weighted by molar-refractivity contribution is -0.164. The van der Waals surface area contributed by atoms with Crippen LogP contribution < -0.4 is 0 Å². The Morgan fingerprint density at radius 2 is 1.77 bits per heavy atom. The molecule has 2 atom stereocenters. The van der Waals surface area contributed by atoms with Crippen molar-refractivity contribution in [3.05, 3.63) is 46.7 Å². The zero-order chi connectivity index (χ0) is 22.9. The molecule has 1 aromatic rings. The number of rotatable bonds is 7. The number of hydrogen-bond acceptors (Lipinski definition) is 9. The Bertz CT molecular complexity index is 1070. The standard InChI is InChI=1S/C19H19NO10S/c1-10(21)29-8-13-9-31(26,27)17-15(28-2)16(22)20(17)14(13)19(25)30-7-11-3-5-12(6-4-11)18(23)24/h3-6,15,17H,7-9H2,1-2H3,(H,23,24). The van der Waals surface area contributed by atoms with E-state index in [1.54, 1.807) is 0 Å². The number of sulfone groups is 1. The van der Waals surface area contributed by atoms with Crippen molar-refractivity contribution in [2.24, 2.45) is 0 Å². The van der Waals surface area contributed by atoms with Crippen LogP contribution in [0.25, 0.3) is 0 Å². The highest BCUT2D eigenvalue weighted by molar-refractivity contribution is 7.92. The Balaban J connectivity index is 1.87. The molecular formula is C19H19NO10S. The molecule has 0 radical (unpaired) electrons. The maximum atomic E-state index is 12.8. The minimum Gasteiger partial charge on any atom is -0.478 e. The van der Waals surface area contributed by atoms with Crippen molar-refractivity contribution < 1.29 is 46.9 Å². The molecule has 12 heteroatoms. The molecule has 0 aliphatic carbocycles. The van der Waals surface area contributed by atoms with E-state index in [-0.39, 0.29) is 23.4 Å². The normalized spacial score (nSPS) is 21.7. The Hall–Kier alpha value is -3.25. The van der Waals surface area contributed by atoms with Gasteiger partial charge in [0.15, 0.2) is 21.3 Å². The number of nitrogens with zero attached hydrogens (tertiary/aromatic N) is 1. The van der Waals surface area contributed by atoms with Gasteiger partial charge in [-0.1, -0.05) is 12.1 Å². The Labute approximate surface area is 177 Å². The molecular weight excluding hydrogens is 434 g/mol. The molecule has 2 heterocycles. The lowest BCUT2D eigenvalue weighted by Crippen LogP contribution is -2.70. The topological polar surface area (TPSA) is 154 Å². The highest BCUT2D eigenvalue weighted by Crippen LogP contribution is 2.38. The maximum Gasteiger partial charge on any atom is 0.355 e. The zero-order valence-corrected chi connectivity index (χ0v) is 17.4. The zero-order valence-electron chi connectivity index (χ0n) is 16.6. The van der Waals surface area contributed by atoms with Gasteiger partial charge in [-0.25, -0.2) is 18.0 Å². The number of aromatic carboxylic acids is 1. The molecule has 0 bridgehead atoms. The van der Waals surface area contributed by atoms with Gasteiger partial charge in [0, 0.05) is 19.6 Å². The summed E-state index contributed by atoms with van der Waals surface area (Å²) >= 11 is 0. The first-order valence-electron chi connectivity index (χ1n) is 8.99. The van der Waals surface area contributed by atoms with Gasteiger partial charge in [0.25, 0.3) is 5.91 Å². The molecule has 1 saturated heterocycles. The number of ether oxygens (including phenoxy) is 3. The van der Waals surface area contributed by atoms with Gasteiger partial charge in [-0.15, -0.1) is 0 Å². The molecule has 1 N–H and O–H groups in total. The average molecular weight is 453 g/mol. The highest BCUT2D eigenvalue weighted by atomic mass is 32.2. The summed E-state index contributed by atoms with van der Waals surface area (Å²) in [6.07, 6.45) is -1.24. The van der Waals surface area contributed by atoms with E-state index in [0.717, 1.165) is 11.8 Å². The van der Waals surface area contributed by atoms with Gasteiger partial charge in [-0.2, -0.15) is 0 Å². The van der Waals surface area contributed by atoms with Crippen LogP contribution in [-0.4, -0.2) is 73.2 Å². The fraction of sp³-hybridized carbons (Fsp3) is 0.368. The quantitative estimate of drug-likeness (QED) is 0.436. The maximum absolute atomic E-state index is 12.8. The van der Waals surface area contributed by atoms with Crippen LogP contribution in [0.2, 0.25) is 0 Å². The summed E-state index contributed by atoms with van der Waals surface area (Å²) in [5.74, 6) is -4.11. The molecule has 2 unspecified atom stereocenters. The van der Waals surface area contributed by atoms with Crippen LogP contribution in [0.4, 0.5) is 0 Å². The lowest BCUT2D eigenvalue weighted by atomic mass is 10.1. The van der Waals surface area contributed by atoms with E-state index in [1.165, 1.54) is 31.4 Å². The van der Waals surface area contributed by atoms with Crippen molar-refractivity contribution in [3.8, 4) is 0 Å². The van der Waals surface area contributed by atoms with E-state index < -0.39 is 57.5 Å². The Kier molecular flexibility index (Phi) is 6.13. The van der Waals surface area contributed by atoms with Gasteiger partial charge in [0.2, 0.25) is 0 Å². The number of carboxylic acid groups (broad SMARTS) is 1. The van der Waals surface area contributed by atoms with Crippen LogP contribution >= 0.6 is 0 Å². The van der Waals surface area contributed by atoms with E-state index in [1.807, 2.05) is 0 Å². The average Bonchev–Trinajstić information content (AvgIpc) is 2.70. The van der Waals surface area contributed by atoms with Crippen LogP contribution in [0, 0.1) is 0 Å². The van der Waals surface area contributed by atoms with E-state index >= 15 is 0 Å². The molecule has 1 fully saturated rings. The molecule has 0 saturated carbocycles. The van der Waals surface area contributed by atoms with Gasteiger partial charge in [0.05, 0.1) is 11.3 Å². The van der Waals surface area contributed by atoms with Gasteiger partial charge < -0.3 is 19.3 Å². The SMILES string of the molecule is COC1C(=O)N2C(C(=O)OCc3ccc(C(=O)O)cc3)=C(COC(C)=O)CS(=O)(=O)C12. The first kappa shape index (κ1) is 22.4. The van der Waals surface area contributed by atoms with Crippen LogP contribution in [-0.2, 0) is 45.0 Å². The Morgan fingerprint density at radius 1 is 1.13 bits per heavy atom. The smallest absolute Gasteiger partial charge is 0.355 e. The third-order valence-electron chi connectivity index (χ3n) is 4.78. The van der Waals surface area contributed by atoms with Crippen molar-refractivity contribution in [1.29, 1.82) is 0 Å². The van der Waals surface area contributed by atoms with Gasteiger partial charge in [-0.3, -0.25) is 14.5 Å². The van der Waals surface area contributed by atoms with Gasteiger partial charge >= 0.3 is 17.9 Å². The number of carbonyl (C=O) groups is 4. The summed E-state index contributed by atoms with van der Waals surface area (Å²) in [4.78, 5) is 48.1. The fourth-order valence-electron chi connectivity index (χ4n) is 3.31. The molecule has 31 heavy (non-hydrogen) atoms. The first-order valence-corrected chi connectivity index (χ1v) is 10.7. The highest BCUT2D eigenvalue weighted by Gasteiger charge is 2.60. The number of carbonyl (C=O) groups excluding carboxylic acids is 3. The third kappa shape index (κ3) is 4.30. The summed E-state index contributed by atoms with van der Waals surface area (Å²) in [5, 5.41) is 7.56. The number of fused-ring (bicyclic) bond motifs is 1. The molecule has 1 aromatic carbocycles. The minimum absolute atomic E-state index is 0.0542. The molecule has 2 aliphatic rings. The van der Waals surface area contributed by atoms with Crippen molar-refractivity contribution in [2.45, 2.75) is 25.0 Å². The van der Waals surface area contributed by atoms with Gasteiger partial charge in [0.1, 0.15) is 18.9 Å². The van der Waals surface area contributed by atoms with Crippen molar-refractivity contribution in [2.75, 3.05) is 19.5 Å². The van der Waals surface area contributed by atoms with Crippen molar-refractivity contribution >= 4 is 33.7 Å². The summed E-state index contributed by atoms with van der Waals surface area (Å²) in [6.45, 7) is 0.367. The summed E-state index contributed by atoms with van der Waals surface area (Å²) in [6, 6.07) is 5.58. The van der Waals surface area contributed by atoms with Crippen LogP contribution in [0.3, 0.4) is 0 Å². The largest absolute Gasteiger partial charge is 0.478 e. The first-order chi connectivity index (χ1) is 14.6. The summed E-state index contributed by atoms with van der Waals surface area (Å²) in [7, 11) is -2.71. The number of β-lactam (4-membered cyclic amide) rings is 1. The minimum atomic E-state index is -3.89. The number of esters is 2. The Morgan fingerprint density at radius 3 is 2.32 bits per heavy atom. The van der Waals surface area contributed by atoms with E-state index in [4.69, 9.17) is 19.3 Å². The lowest BCUT2D eigenvalue weighted by Gasteiger charge is -2.48. The summed E-state index contributed by atoms with van der Waals surface area (Å²) in [5.41, 5.74) is 0.144. The monoisotopic (exact) mass is 453 g/mol. The van der Waals surface area contributed by atoms with Crippen LogP contribution in [0.15, 0.2) is 35.5 Å². The van der Waals surface area contributed by atoms with Crippen molar-refractivity contribution in [1.82, 2.24) is 4.90 Å². The number of carboxylic acids is 1. The second-order valence-electron chi connectivity index (χ2n) is 6.87. The van der Waals surface area contributed by atoms with Crippen LogP contribution in [0.5, 0.6) is 0 Å². The van der Waals surface area contributed by atoms with E-state index in [0.29, 0.717) is 5.56 Å². The number of benzene rings is 1. The molecule has 11 nitrogen and oxygen atoms in total. The van der Waals surface area contributed by atoms with Gasteiger partial charge in [-0.05, 0) is 17.7 Å². The van der Waals surface area contributed by atoms with E-state index in [9.17, 15) is 27.6 Å². The van der Waals surface area contributed by atoms with E-state index in [2.05, 4.69) is 0 Å². The predicted molar refractivity (Wildman–Crippen MR) is 102 cm³/mol. The third-order valence-corrected chi connectivity index (χ3v) is 6.73. The summed E-state index contributed by atoms with van der Waals surface area (Å²) < 4.78 is 40.2. The molecule has 2 aliphatic heterocycles. The molecule has 0 spiro atoms. The number of methoxy groups -OCH3 is 1. The predicted octanol–water partition coefficient (Wildman–Crippen LogP) is -0.143. The van der Waals surface area contributed by atoms with Crippen LogP contribution in [0.1, 0.15) is 22.8 Å². The molecule has 1 amide bonds. The second kappa shape index (κ2) is 8.47. The van der Waals surface area contributed by atoms with Crippen molar-refractivity contribution in [3.63, 3.8) is 0 Å². The number of hydrogen-bond donors (Lipinski definition) is 1.